The normalized spacial score (nSPS) is 13.9. The minimum atomic E-state index is -0.663. The summed E-state index contributed by atoms with van der Waals surface area (Å²) in [5.74, 6) is 1.64. The Morgan fingerprint density at radius 1 is 0.900 bits per heavy atom. The number of fused-ring (bicyclic) bond motifs is 2. The lowest BCUT2D eigenvalue weighted by Gasteiger charge is -2.28. The van der Waals surface area contributed by atoms with Gasteiger partial charge in [0.15, 0.2) is 0 Å². The molecule has 0 aromatic heterocycles. The monoisotopic (exact) mass is 401 g/mol. The second-order valence-electron chi connectivity index (χ2n) is 8.12. The fourth-order valence-electron chi connectivity index (χ4n) is 4.17. The zero-order chi connectivity index (χ0) is 21.3. The van der Waals surface area contributed by atoms with E-state index in [1.165, 1.54) is 0 Å². The van der Waals surface area contributed by atoms with Gasteiger partial charge < -0.3 is 15.2 Å². The van der Waals surface area contributed by atoms with Gasteiger partial charge in [-0.25, -0.2) is 0 Å². The quantitative estimate of drug-likeness (QED) is 0.541. The van der Waals surface area contributed by atoms with E-state index in [1.54, 1.807) is 6.92 Å². The lowest BCUT2D eigenvalue weighted by molar-refractivity contribution is -0.116. The molecule has 1 aliphatic rings. The average molecular weight is 402 g/mol. The number of hydrogen-bond acceptors (Lipinski definition) is 3. The second-order valence-corrected chi connectivity index (χ2v) is 8.12. The number of aliphatic hydroxyl groups excluding tert-OH is 1. The molecule has 3 aromatic carbocycles. The number of ether oxygens (including phenoxy) is 1. The standard InChI is InChI=1S/C26H27NO3/c1-16(2)18-11-8-12-19(17(3)28)26(18)27-25(29)15-22-20-9-4-6-13-23(20)30-24-14-7-5-10-21(22)24/h4-14,16-17,22,28H,15H2,1-3H3,(H,27,29). The molecule has 4 heteroatoms. The summed E-state index contributed by atoms with van der Waals surface area (Å²) in [4.78, 5) is 13.2. The molecule has 4 rings (SSSR count). The SMILES string of the molecule is CC(C)c1cccc(C(C)O)c1NC(=O)CC1c2ccccc2Oc2ccccc21. The highest BCUT2D eigenvalue weighted by molar-refractivity contribution is 5.93. The van der Waals surface area contributed by atoms with Crippen LogP contribution in [0.1, 0.15) is 67.4 Å². The molecule has 0 radical (unpaired) electrons. The Morgan fingerprint density at radius 2 is 1.47 bits per heavy atom. The Labute approximate surface area is 177 Å². The van der Waals surface area contributed by atoms with Gasteiger partial charge in [0.1, 0.15) is 11.5 Å². The van der Waals surface area contributed by atoms with Gasteiger partial charge in [0, 0.05) is 34.7 Å². The Hall–Kier alpha value is -3.11. The summed E-state index contributed by atoms with van der Waals surface area (Å²) in [5.41, 5.74) is 4.51. The second kappa shape index (κ2) is 8.33. The van der Waals surface area contributed by atoms with Gasteiger partial charge in [0.25, 0.3) is 0 Å². The van der Waals surface area contributed by atoms with Crippen LogP contribution in [0, 0.1) is 0 Å². The number of carbonyl (C=O) groups is 1. The van der Waals surface area contributed by atoms with E-state index < -0.39 is 6.10 Å². The van der Waals surface area contributed by atoms with Crippen molar-refractivity contribution in [3.05, 3.63) is 89.0 Å². The van der Waals surface area contributed by atoms with E-state index in [9.17, 15) is 9.90 Å². The van der Waals surface area contributed by atoms with Crippen LogP contribution >= 0.6 is 0 Å². The van der Waals surface area contributed by atoms with E-state index in [4.69, 9.17) is 4.74 Å². The highest BCUT2D eigenvalue weighted by atomic mass is 16.5. The van der Waals surface area contributed by atoms with E-state index in [-0.39, 0.29) is 17.7 Å². The van der Waals surface area contributed by atoms with Crippen LogP contribution in [0.3, 0.4) is 0 Å². The summed E-state index contributed by atoms with van der Waals surface area (Å²) in [6.45, 7) is 5.89. The molecule has 0 saturated heterocycles. The average Bonchev–Trinajstić information content (AvgIpc) is 2.73. The van der Waals surface area contributed by atoms with Crippen LogP contribution in [0.25, 0.3) is 0 Å². The van der Waals surface area contributed by atoms with Gasteiger partial charge in [-0.3, -0.25) is 4.79 Å². The Morgan fingerprint density at radius 3 is 2.03 bits per heavy atom. The van der Waals surface area contributed by atoms with Gasteiger partial charge in [0.05, 0.1) is 6.10 Å². The number of hydrogen-bond donors (Lipinski definition) is 2. The zero-order valence-electron chi connectivity index (χ0n) is 17.6. The van der Waals surface area contributed by atoms with E-state index >= 15 is 0 Å². The van der Waals surface area contributed by atoms with E-state index in [1.807, 2.05) is 66.7 Å². The number of benzene rings is 3. The molecule has 1 heterocycles. The summed E-state index contributed by atoms with van der Waals surface area (Å²) in [6, 6.07) is 21.6. The van der Waals surface area contributed by atoms with Crippen molar-refractivity contribution in [3.8, 4) is 11.5 Å². The van der Waals surface area contributed by atoms with Crippen molar-refractivity contribution < 1.29 is 14.6 Å². The Balaban J connectivity index is 1.67. The number of amides is 1. The fourth-order valence-corrected chi connectivity index (χ4v) is 4.17. The van der Waals surface area contributed by atoms with Gasteiger partial charge in [-0.15, -0.1) is 0 Å². The predicted octanol–water partition coefficient (Wildman–Crippen LogP) is 6.13. The molecule has 154 valence electrons. The third-order valence-corrected chi connectivity index (χ3v) is 5.66. The molecule has 30 heavy (non-hydrogen) atoms. The molecule has 0 bridgehead atoms. The maximum Gasteiger partial charge on any atom is 0.225 e. The minimum Gasteiger partial charge on any atom is -0.457 e. The zero-order valence-corrected chi connectivity index (χ0v) is 17.6. The summed E-state index contributed by atoms with van der Waals surface area (Å²) < 4.78 is 6.04. The van der Waals surface area contributed by atoms with Crippen LogP contribution < -0.4 is 10.1 Å². The Kier molecular flexibility index (Phi) is 5.60. The minimum absolute atomic E-state index is 0.0819. The van der Waals surface area contributed by atoms with Gasteiger partial charge in [-0.2, -0.15) is 0 Å². The topological polar surface area (TPSA) is 58.6 Å². The Bertz CT molecular complexity index is 1000. The van der Waals surface area contributed by atoms with Gasteiger partial charge >= 0.3 is 0 Å². The van der Waals surface area contributed by atoms with E-state index in [0.717, 1.165) is 39.4 Å². The van der Waals surface area contributed by atoms with Crippen molar-refractivity contribution >= 4 is 11.6 Å². The van der Waals surface area contributed by atoms with Gasteiger partial charge in [-0.1, -0.05) is 68.4 Å². The largest absolute Gasteiger partial charge is 0.457 e. The van der Waals surface area contributed by atoms with Crippen LogP contribution in [-0.4, -0.2) is 11.0 Å². The molecule has 0 fully saturated rings. The van der Waals surface area contributed by atoms with Crippen molar-refractivity contribution in [2.24, 2.45) is 0 Å². The van der Waals surface area contributed by atoms with Crippen LogP contribution in [-0.2, 0) is 4.79 Å². The summed E-state index contributed by atoms with van der Waals surface area (Å²) in [7, 11) is 0. The number of para-hydroxylation sites is 3. The van der Waals surface area contributed by atoms with Crippen LogP contribution in [0.2, 0.25) is 0 Å². The number of anilines is 1. The molecule has 0 aliphatic carbocycles. The molecule has 1 aliphatic heterocycles. The third kappa shape index (κ3) is 3.83. The molecular formula is C26H27NO3. The fraction of sp³-hybridized carbons (Fsp3) is 0.269. The summed E-state index contributed by atoms with van der Waals surface area (Å²) in [6.07, 6.45) is -0.369. The molecule has 3 aromatic rings. The number of carbonyl (C=O) groups excluding carboxylic acids is 1. The first kappa shape index (κ1) is 20.2. The molecule has 1 unspecified atom stereocenters. The maximum atomic E-state index is 13.2. The highest BCUT2D eigenvalue weighted by Crippen LogP contribution is 2.45. The summed E-state index contributed by atoms with van der Waals surface area (Å²) >= 11 is 0. The molecule has 1 atom stereocenters. The smallest absolute Gasteiger partial charge is 0.225 e. The van der Waals surface area contributed by atoms with Gasteiger partial charge in [0.2, 0.25) is 5.91 Å². The number of nitrogens with one attached hydrogen (secondary N) is 1. The lowest BCUT2D eigenvalue weighted by atomic mass is 9.85. The highest BCUT2D eigenvalue weighted by Gasteiger charge is 2.29. The van der Waals surface area contributed by atoms with Crippen molar-refractivity contribution in [1.29, 1.82) is 0 Å². The first-order chi connectivity index (χ1) is 14.5. The van der Waals surface area contributed by atoms with Crippen molar-refractivity contribution in [3.63, 3.8) is 0 Å². The third-order valence-electron chi connectivity index (χ3n) is 5.66. The molecule has 1 amide bonds. The molecule has 4 nitrogen and oxygen atoms in total. The van der Waals surface area contributed by atoms with Crippen molar-refractivity contribution in [2.45, 2.75) is 45.1 Å². The van der Waals surface area contributed by atoms with Crippen molar-refractivity contribution in [1.82, 2.24) is 0 Å². The van der Waals surface area contributed by atoms with Crippen LogP contribution in [0.5, 0.6) is 11.5 Å². The molecule has 0 saturated carbocycles. The maximum absolute atomic E-state index is 13.2. The first-order valence-corrected chi connectivity index (χ1v) is 10.4. The molecule has 0 spiro atoms. The lowest BCUT2D eigenvalue weighted by Crippen LogP contribution is -2.21. The number of rotatable bonds is 5. The van der Waals surface area contributed by atoms with Crippen LogP contribution in [0.4, 0.5) is 5.69 Å². The first-order valence-electron chi connectivity index (χ1n) is 10.4. The summed E-state index contributed by atoms with van der Waals surface area (Å²) in [5, 5.41) is 13.3. The van der Waals surface area contributed by atoms with Gasteiger partial charge in [-0.05, 0) is 30.5 Å². The molecular weight excluding hydrogens is 374 g/mol. The number of aliphatic hydroxyl groups is 1. The van der Waals surface area contributed by atoms with E-state index in [2.05, 4.69) is 19.2 Å². The van der Waals surface area contributed by atoms with Crippen molar-refractivity contribution in [2.75, 3.05) is 5.32 Å². The molecule has 2 N–H and O–H groups in total. The van der Waals surface area contributed by atoms with Crippen LogP contribution in [0.15, 0.2) is 66.7 Å². The van der Waals surface area contributed by atoms with E-state index in [0.29, 0.717) is 6.42 Å². The predicted molar refractivity (Wildman–Crippen MR) is 119 cm³/mol.